The molecule has 2 heterocycles. The maximum Gasteiger partial charge on any atom is 0.268 e. The molecule has 0 bridgehead atoms. The van der Waals surface area contributed by atoms with E-state index in [9.17, 15) is 9.59 Å². The number of nitrogens with zero attached hydrogens (tertiary/aromatic N) is 2. The van der Waals surface area contributed by atoms with E-state index >= 15 is 0 Å². The molecule has 0 aliphatic carbocycles. The van der Waals surface area contributed by atoms with Gasteiger partial charge in [-0.05, 0) is 42.7 Å². The van der Waals surface area contributed by atoms with Crippen molar-refractivity contribution in [1.82, 2.24) is 15.3 Å². The SMILES string of the molecule is CCc1ccnc(CNC(=O)c2[nH]c(=O)c(C#N)cc2C)c1. The highest BCUT2D eigenvalue weighted by molar-refractivity contribution is 5.93. The van der Waals surface area contributed by atoms with Crippen molar-refractivity contribution in [3.8, 4) is 6.07 Å². The van der Waals surface area contributed by atoms with Gasteiger partial charge < -0.3 is 10.3 Å². The van der Waals surface area contributed by atoms with Gasteiger partial charge in [0.25, 0.3) is 11.5 Å². The Hall–Kier alpha value is -2.94. The fourth-order valence-electron chi connectivity index (χ4n) is 2.06. The standard InChI is InChI=1S/C16H16N4O2/c1-3-11-4-5-18-13(7-11)9-19-16(22)14-10(2)6-12(8-17)15(21)20-14/h4-7H,3,9H2,1-2H3,(H,19,22)(H,20,21). The smallest absolute Gasteiger partial charge is 0.268 e. The van der Waals surface area contributed by atoms with Crippen LogP contribution in [-0.4, -0.2) is 15.9 Å². The van der Waals surface area contributed by atoms with E-state index in [0.717, 1.165) is 17.7 Å². The lowest BCUT2D eigenvalue weighted by Crippen LogP contribution is -2.28. The first-order valence-corrected chi connectivity index (χ1v) is 6.91. The Labute approximate surface area is 127 Å². The van der Waals surface area contributed by atoms with Crippen LogP contribution in [-0.2, 0) is 13.0 Å². The van der Waals surface area contributed by atoms with E-state index in [4.69, 9.17) is 5.26 Å². The summed E-state index contributed by atoms with van der Waals surface area (Å²) in [5.74, 6) is -0.400. The zero-order chi connectivity index (χ0) is 16.1. The van der Waals surface area contributed by atoms with Gasteiger partial charge in [-0.3, -0.25) is 14.6 Å². The number of nitriles is 1. The fourth-order valence-corrected chi connectivity index (χ4v) is 2.06. The third kappa shape index (κ3) is 3.38. The zero-order valence-corrected chi connectivity index (χ0v) is 12.4. The lowest BCUT2D eigenvalue weighted by atomic mass is 10.1. The molecule has 1 amide bonds. The molecule has 0 aliphatic rings. The number of hydrogen-bond acceptors (Lipinski definition) is 4. The van der Waals surface area contributed by atoms with Gasteiger partial charge in [0.15, 0.2) is 0 Å². The van der Waals surface area contributed by atoms with E-state index in [0.29, 0.717) is 5.56 Å². The second-order valence-electron chi connectivity index (χ2n) is 4.87. The van der Waals surface area contributed by atoms with E-state index in [-0.39, 0.29) is 17.8 Å². The Kier molecular flexibility index (Phi) is 4.69. The molecule has 6 nitrogen and oxygen atoms in total. The monoisotopic (exact) mass is 296 g/mol. The molecule has 0 atom stereocenters. The van der Waals surface area contributed by atoms with Gasteiger partial charge >= 0.3 is 0 Å². The summed E-state index contributed by atoms with van der Waals surface area (Å²) in [5.41, 5.74) is 2.03. The number of rotatable bonds is 4. The van der Waals surface area contributed by atoms with Gasteiger partial charge in [-0.1, -0.05) is 6.92 Å². The number of aromatic nitrogens is 2. The molecular weight excluding hydrogens is 280 g/mol. The summed E-state index contributed by atoms with van der Waals surface area (Å²) in [6.45, 7) is 3.98. The van der Waals surface area contributed by atoms with Gasteiger partial charge in [-0.2, -0.15) is 5.26 Å². The molecule has 6 heteroatoms. The number of aromatic amines is 1. The van der Waals surface area contributed by atoms with Gasteiger partial charge in [0.2, 0.25) is 0 Å². The van der Waals surface area contributed by atoms with Crippen molar-refractivity contribution >= 4 is 5.91 Å². The van der Waals surface area contributed by atoms with Gasteiger partial charge in [0, 0.05) is 6.20 Å². The van der Waals surface area contributed by atoms with Gasteiger partial charge in [-0.15, -0.1) is 0 Å². The van der Waals surface area contributed by atoms with Crippen LogP contribution in [0.25, 0.3) is 0 Å². The summed E-state index contributed by atoms with van der Waals surface area (Å²) >= 11 is 0. The molecule has 0 spiro atoms. The van der Waals surface area contributed by atoms with Crippen molar-refractivity contribution in [3.05, 3.63) is 62.8 Å². The maximum atomic E-state index is 12.2. The van der Waals surface area contributed by atoms with E-state index < -0.39 is 11.5 Å². The summed E-state index contributed by atoms with van der Waals surface area (Å²) in [6, 6.07) is 7.04. The first kappa shape index (κ1) is 15.4. The van der Waals surface area contributed by atoms with Gasteiger partial charge in [-0.25, -0.2) is 0 Å². The van der Waals surface area contributed by atoms with E-state index in [1.54, 1.807) is 19.2 Å². The molecule has 0 saturated carbocycles. The Morgan fingerprint density at radius 3 is 2.91 bits per heavy atom. The average molecular weight is 296 g/mol. The Bertz CT molecular complexity index is 803. The molecule has 2 aromatic rings. The molecule has 0 radical (unpaired) electrons. The average Bonchev–Trinajstić information content (AvgIpc) is 2.54. The largest absolute Gasteiger partial charge is 0.345 e. The third-order valence-corrected chi connectivity index (χ3v) is 3.31. The van der Waals surface area contributed by atoms with Crippen molar-refractivity contribution in [2.45, 2.75) is 26.8 Å². The summed E-state index contributed by atoms with van der Waals surface area (Å²) < 4.78 is 0. The van der Waals surface area contributed by atoms with Crippen LogP contribution in [0.15, 0.2) is 29.2 Å². The lowest BCUT2D eigenvalue weighted by Gasteiger charge is -2.08. The van der Waals surface area contributed by atoms with Gasteiger partial charge in [0.05, 0.1) is 12.2 Å². The molecule has 0 aromatic carbocycles. The molecule has 0 aliphatic heterocycles. The van der Waals surface area contributed by atoms with Crippen LogP contribution in [0.2, 0.25) is 0 Å². The minimum absolute atomic E-state index is 0.00800. The highest BCUT2D eigenvalue weighted by Gasteiger charge is 2.12. The normalized spacial score (nSPS) is 10.0. The number of pyridine rings is 2. The van der Waals surface area contributed by atoms with Crippen molar-refractivity contribution in [2.75, 3.05) is 0 Å². The van der Waals surface area contributed by atoms with Crippen molar-refractivity contribution in [3.63, 3.8) is 0 Å². The second kappa shape index (κ2) is 6.68. The van der Waals surface area contributed by atoms with Crippen LogP contribution in [0, 0.1) is 18.3 Å². The number of H-pyrrole nitrogens is 1. The molecule has 0 saturated heterocycles. The molecule has 22 heavy (non-hydrogen) atoms. The highest BCUT2D eigenvalue weighted by Crippen LogP contribution is 2.05. The minimum Gasteiger partial charge on any atom is -0.345 e. The quantitative estimate of drug-likeness (QED) is 0.891. The predicted molar refractivity (Wildman–Crippen MR) is 81.3 cm³/mol. The zero-order valence-electron chi connectivity index (χ0n) is 12.4. The van der Waals surface area contributed by atoms with Crippen LogP contribution < -0.4 is 10.9 Å². The van der Waals surface area contributed by atoms with Crippen molar-refractivity contribution in [1.29, 1.82) is 5.26 Å². The number of amides is 1. The van der Waals surface area contributed by atoms with Crippen LogP contribution in [0.5, 0.6) is 0 Å². The minimum atomic E-state index is -0.565. The highest BCUT2D eigenvalue weighted by atomic mass is 16.2. The molecule has 0 unspecified atom stereocenters. The summed E-state index contributed by atoms with van der Waals surface area (Å²) in [4.78, 5) is 30.4. The molecule has 2 N–H and O–H groups in total. The number of carbonyl (C=O) groups is 1. The van der Waals surface area contributed by atoms with Crippen LogP contribution >= 0.6 is 0 Å². The van der Waals surface area contributed by atoms with Crippen molar-refractivity contribution < 1.29 is 4.79 Å². The van der Waals surface area contributed by atoms with E-state index in [2.05, 4.69) is 15.3 Å². The second-order valence-corrected chi connectivity index (χ2v) is 4.87. The molecule has 0 fully saturated rings. The maximum absolute atomic E-state index is 12.2. The number of aryl methyl sites for hydroxylation is 2. The Morgan fingerprint density at radius 1 is 1.45 bits per heavy atom. The molecular formula is C16H16N4O2. The van der Waals surface area contributed by atoms with Crippen LogP contribution in [0.4, 0.5) is 0 Å². The number of hydrogen-bond donors (Lipinski definition) is 2. The first-order chi connectivity index (χ1) is 10.5. The predicted octanol–water partition coefficient (Wildman–Crippen LogP) is 1.44. The lowest BCUT2D eigenvalue weighted by molar-refractivity contribution is 0.0944. The summed E-state index contributed by atoms with van der Waals surface area (Å²) in [6.07, 6.45) is 2.60. The summed E-state index contributed by atoms with van der Waals surface area (Å²) in [7, 11) is 0. The van der Waals surface area contributed by atoms with E-state index in [1.165, 1.54) is 6.07 Å². The molecule has 2 rings (SSSR count). The van der Waals surface area contributed by atoms with Crippen LogP contribution in [0.3, 0.4) is 0 Å². The summed E-state index contributed by atoms with van der Waals surface area (Å²) in [5, 5.41) is 11.5. The number of nitrogens with one attached hydrogen (secondary N) is 2. The van der Waals surface area contributed by atoms with Crippen molar-refractivity contribution in [2.24, 2.45) is 0 Å². The third-order valence-electron chi connectivity index (χ3n) is 3.31. The van der Waals surface area contributed by atoms with Gasteiger partial charge in [0.1, 0.15) is 17.3 Å². The first-order valence-electron chi connectivity index (χ1n) is 6.91. The Balaban J connectivity index is 2.14. The van der Waals surface area contributed by atoms with E-state index in [1.807, 2.05) is 19.1 Å². The Morgan fingerprint density at radius 2 is 2.23 bits per heavy atom. The molecule has 112 valence electrons. The fraction of sp³-hybridized carbons (Fsp3) is 0.250. The van der Waals surface area contributed by atoms with Crippen LogP contribution in [0.1, 0.15) is 39.8 Å². The number of carbonyl (C=O) groups excluding carboxylic acids is 1. The topological polar surface area (TPSA) is 98.6 Å². The molecule has 2 aromatic heterocycles.